The third kappa shape index (κ3) is 5.61. The third-order valence-electron chi connectivity index (χ3n) is 8.65. The van der Waals surface area contributed by atoms with Gasteiger partial charge in [-0.1, -0.05) is 37.2 Å². The van der Waals surface area contributed by atoms with Gasteiger partial charge in [-0.3, -0.25) is 9.20 Å². The van der Waals surface area contributed by atoms with Crippen molar-refractivity contribution in [2.24, 2.45) is 0 Å². The number of carboxylic acids is 1. The molecule has 0 bridgehead atoms. The molecule has 1 N–H and O–H groups in total. The molecule has 0 radical (unpaired) electrons. The van der Waals surface area contributed by atoms with Crippen LogP contribution in [0.1, 0.15) is 72.7 Å². The van der Waals surface area contributed by atoms with Crippen LogP contribution in [0.5, 0.6) is 0 Å². The highest BCUT2D eigenvalue weighted by molar-refractivity contribution is 7.89. The van der Waals surface area contributed by atoms with Crippen LogP contribution in [-0.2, 0) is 21.4 Å². The lowest BCUT2D eigenvalue weighted by molar-refractivity contribution is -0.137. The number of anilines is 1. The first kappa shape index (κ1) is 30.9. The largest absolute Gasteiger partial charge is 0.481 e. The Balaban J connectivity index is 0.00000368. The SMILES string of the molecule is C.Cc1ccc([C@H](CC(=O)O)c2ccn3c(C)nnc3c2C)cc1CN1C[C@@H]2CCCCN2c2ncc(Cl)cc2S1(=O)=O. The van der Waals surface area contributed by atoms with Gasteiger partial charge in [-0.15, -0.1) is 10.2 Å². The highest BCUT2D eigenvalue weighted by atomic mass is 35.5. The summed E-state index contributed by atoms with van der Waals surface area (Å²) in [6.45, 7) is 6.98. The number of fused-ring (bicyclic) bond motifs is 4. The smallest absolute Gasteiger partial charge is 0.304 e. The number of aromatic nitrogens is 4. The predicted molar refractivity (Wildman–Crippen MR) is 166 cm³/mol. The number of nitrogens with zero attached hydrogens (tertiary/aromatic N) is 6. The highest BCUT2D eigenvalue weighted by Crippen LogP contribution is 2.38. The number of hydrogen-bond acceptors (Lipinski definition) is 7. The van der Waals surface area contributed by atoms with Crippen LogP contribution >= 0.6 is 11.6 Å². The highest BCUT2D eigenvalue weighted by Gasteiger charge is 2.39. The molecule has 0 saturated carbocycles. The predicted octanol–water partition coefficient (Wildman–Crippen LogP) is 5.51. The van der Waals surface area contributed by atoms with Gasteiger partial charge >= 0.3 is 5.97 Å². The summed E-state index contributed by atoms with van der Waals surface area (Å²) in [6.07, 6.45) is 6.13. The second-order valence-corrected chi connectivity index (χ2v) is 13.6. The zero-order valence-electron chi connectivity index (χ0n) is 23.8. The van der Waals surface area contributed by atoms with Gasteiger partial charge in [0.15, 0.2) is 5.65 Å². The van der Waals surface area contributed by atoms with Crippen LogP contribution in [0.2, 0.25) is 5.02 Å². The molecule has 2 aliphatic rings. The van der Waals surface area contributed by atoms with E-state index in [1.165, 1.54) is 16.6 Å². The van der Waals surface area contributed by atoms with Crippen molar-refractivity contribution in [1.29, 1.82) is 0 Å². The van der Waals surface area contributed by atoms with E-state index in [0.717, 1.165) is 59.4 Å². The molecule has 2 atom stereocenters. The van der Waals surface area contributed by atoms with Gasteiger partial charge in [0.05, 0.1) is 11.4 Å². The second-order valence-electron chi connectivity index (χ2n) is 11.3. The Hall–Kier alpha value is -3.54. The summed E-state index contributed by atoms with van der Waals surface area (Å²) in [5.74, 6) is -0.164. The molecule has 6 rings (SSSR count). The fraction of sp³-hybridized carbons (Fsp3) is 0.419. The van der Waals surface area contributed by atoms with Crippen molar-refractivity contribution in [2.75, 3.05) is 18.0 Å². The number of piperidine rings is 1. The maximum absolute atomic E-state index is 14.1. The van der Waals surface area contributed by atoms with Gasteiger partial charge in [-0.2, -0.15) is 4.31 Å². The van der Waals surface area contributed by atoms with Crippen LogP contribution in [0.25, 0.3) is 5.65 Å². The number of carbonyl (C=O) groups is 1. The summed E-state index contributed by atoms with van der Waals surface area (Å²) in [7, 11) is -3.92. The van der Waals surface area contributed by atoms with Crippen LogP contribution in [0, 0.1) is 20.8 Å². The van der Waals surface area contributed by atoms with Gasteiger partial charge in [-0.25, -0.2) is 13.4 Å². The first-order chi connectivity index (χ1) is 20.0. The Labute approximate surface area is 257 Å². The standard InChI is InChI=1S/C30H33ClN6O4S.CH4/c1-18-7-8-21(26(14-28(38)39)25-9-11-36-20(3)33-34-29(36)19(25)2)12-22(18)16-35-17-24-6-4-5-10-37(24)30-27(42(35,40)41)13-23(31)15-32-30;/h7-9,11-13,15,24,26H,4-6,10,14,16-17H2,1-3H3,(H,38,39);1H4/t24-,26-;/m0./s1. The Morgan fingerprint density at radius 1 is 1.14 bits per heavy atom. The molecule has 1 fully saturated rings. The van der Waals surface area contributed by atoms with Crippen LogP contribution in [0.15, 0.2) is 47.6 Å². The van der Waals surface area contributed by atoms with Gasteiger partial charge in [-0.05, 0) is 80.0 Å². The lowest BCUT2D eigenvalue weighted by atomic mass is 9.85. The van der Waals surface area contributed by atoms with E-state index in [9.17, 15) is 18.3 Å². The van der Waals surface area contributed by atoms with E-state index >= 15 is 0 Å². The molecular weight excluding hydrogens is 588 g/mol. The van der Waals surface area contributed by atoms with Crippen LogP contribution in [0.3, 0.4) is 0 Å². The summed E-state index contributed by atoms with van der Waals surface area (Å²) in [6, 6.07) is 9.27. The molecule has 1 saturated heterocycles. The van der Waals surface area contributed by atoms with E-state index in [0.29, 0.717) is 18.0 Å². The van der Waals surface area contributed by atoms with E-state index < -0.39 is 21.9 Å². The topological polar surface area (TPSA) is 121 Å². The monoisotopic (exact) mass is 624 g/mol. The van der Waals surface area contributed by atoms with Gasteiger partial charge in [0.25, 0.3) is 0 Å². The van der Waals surface area contributed by atoms with Crippen molar-refractivity contribution in [2.45, 2.75) is 77.3 Å². The molecule has 10 nitrogen and oxygen atoms in total. The number of rotatable bonds is 6. The van der Waals surface area contributed by atoms with Crippen molar-refractivity contribution in [3.8, 4) is 0 Å². The lowest BCUT2D eigenvalue weighted by Crippen LogP contribution is -2.45. The Bertz CT molecular complexity index is 1810. The van der Waals surface area contributed by atoms with Crippen LogP contribution in [-0.4, -0.2) is 62.5 Å². The number of halogens is 1. The van der Waals surface area contributed by atoms with E-state index in [1.54, 1.807) is 0 Å². The first-order valence-corrected chi connectivity index (χ1v) is 15.9. The number of aryl methyl sites for hydroxylation is 3. The molecule has 3 aromatic heterocycles. The molecule has 12 heteroatoms. The molecule has 4 aromatic rings. The van der Waals surface area contributed by atoms with Crippen molar-refractivity contribution in [3.63, 3.8) is 0 Å². The summed E-state index contributed by atoms with van der Waals surface area (Å²) in [5.41, 5.74) is 4.95. The van der Waals surface area contributed by atoms with E-state index in [1.807, 2.05) is 55.6 Å². The number of aliphatic carboxylic acids is 1. The second kappa shape index (κ2) is 11.9. The number of hydrogen-bond donors (Lipinski definition) is 1. The molecule has 5 heterocycles. The average Bonchev–Trinajstić information content (AvgIpc) is 3.30. The average molecular weight is 625 g/mol. The molecular formula is C31H37ClN6O4S. The third-order valence-corrected chi connectivity index (χ3v) is 10.7. The molecule has 228 valence electrons. The van der Waals surface area contributed by atoms with Crippen molar-refractivity contribution < 1.29 is 18.3 Å². The van der Waals surface area contributed by atoms with Crippen molar-refractivity contribution >= 4 is 39.1 Å². The minimum atomic E-state index is -3.92. The summed E-state index contributed by atoms with van der Waals surface area (Å²) < 4.78 is 31.6. The molecule has 0 spiro atoms. The van der Waals surface area contributed by atoms with Gasteiger partial charge in [0, 0.05) is 44.0 Å². The molecule has 1 aromatic carbocycles. The number of carboxylic acid groups (broad SMARTS) is 1. The minimum absolute atomic E-state index is 0. The van der Waals surface area contributed by atoms with Gasteiger partial charge < -0.3 is 10.0 Å². The molecule has 0 amide bonds. The van der Waals surface area contributed by atoms with E-state index in [2.05, 4.69) is 20.1 Å². The minimum Gasteiger partial charge on any atom is -0.481 e. The zero-order valence-corrected chi connectivity index (χ0v) is 25.4. The first-order valence-electron chi connectivity index (χ1n) is 14.1. The molecule has 43 heavy (non-hydrogen) atoms. The van der Waals surface area contributed by atoms with Gasteiger partial charge in [0.1, 0.15) is 16.5 Å². The normalized spacial score (nSPS) is 18.8. The Morgan fingerprint density at radius 3 is 2.70 bits per heavy atom. The van der Waals surface area contributed by atoms with Gasteiger partial charge in [0.2, 0.25) is 10.0 Å². The van der Waals surface area contributed by atoms with Crippen molar-refractivity contribution in [3.05, 3.63) is 81.4 Å². The quantitative estimate of drug-likeness (QED) is 0.298. The van der Waals surface area contributed by atoms with Crippen molar-refractivity contribution in [1.82, 2.24) is 23.9 Å². The van der Waals surface area contributed by atoms with Crippen LogP contribution in [0.4, 0.5) is 5.82 Å². The number of sulfonamides is 1. The van der Waals surface area contributed by atoms with E-state index in [-0.39, 0.29) is 36.4 Å². The fourth-order valence-electron chi connectivity index (χ4n) is 6.35. The fourth-order valence-corrected chi connectivity index (χ4v) is 8.21. The Kier molecular flexibility index (Phi) is 8.52. The molecule has 0 aliphatic carbocycles. The summed E-state index contributed by atoms with van der Waals surface area (Å²) in [4.78, 5) is 18.8. The van der Waals surface area contributed by atoms with E-state index in [4.69, 9.17) is 11.6 Å². The Morgan fingerprint density at radius 2 is 1.93 bits per heavy atom. The summed E-state index contributed by atoms with van der Waals surface area (Å²) >= 11 is 6.25. The molecule has 0 unspecified atom stereocenters. The molecule has 2 aliphatic heterocycles. The summed E-state index contributed by atoms with van der Waals surface area (Å²) in [5, 5.41) is 18.6. The number of benzene rings is 1. The number of pyridine rings is 2. The van der Waals surface area contributed by atoms with Crippen LogP contribution < -0.4 is 4.90 Å². The maximum atomic E-state index is 14.1. The zero-order chi connectivity index (χ0) is 29.8. The maximum Gasteiger partial charge on any atom is 0.304 e. The lowest BCUT2D eigenvalue weighted by Gasteiger charge is -2.36.